The van der Waals surface area contributed by atoms with Crippen molar-refractivity contribution < 1.29 is 28.7 Å². The fourth-order valence-corrected chi connectivity index (χ4v) is 3.42. The van der Waals surface area contributed by atoms with E-state index in [0.717, 1.165) is 4.90 Å². The minimum absolute atomic E-state index is 0.139. The van der Waals surface area contributed by atoms with Gasteiger partial charge < -0.3 is 10.1 Å². The molecule has 1 N–H and O–H groups in total. The summed E-state index contributed by atoms with van der Waals surface area (Å²) in [5.41, 5.74) is 0.880. The summed E-state index contributed by atoms with van der Waals surface area (Å²) in [5.74, 6) is -2.92. The first-order valence-electron chi connectivity index (χ1n) is 9.49. The molecule has 1 fully saturated rings. The molecular weight excluding hydrogens is 376 g/mol. The van der Waals surface area contributed by atoms with Gasteiger partial charge >= 0.3 is 5.97 Å². The van der Waals surface area contributed by atoms with E-state index in [1.54, 1.807) is 19.1 Å². The maximum absolute atomic E-state index is 12.3. The van der Waals surface area contributed by atoms with Crippen molar-refractivity contribution in [2.75, 3.05) is 18.5 Å². The highest BCUT2D eigenvalue weighted by Gasteiger charge is 2.47. The number of esters is 1. The highest BCUT2D eigenvalue weighted by molar-refractivity contribution is 6.07. The highest BCUT2D eigenvalue weighted by atomic mass is 16.5. The molecule has 3 amide bonds. The van der Waals surface area contributed by atoms with Crippen LogP contribution >= 0.6 is 0 Å². The molecule has 1 heterocycles. The van der Waals surface area contributed by atoms with Gasteiger partial charge in [0.2, 0.25) is 17.7 Å². The second-order valence-corrected chi connectivity index (χ2v) is 6.98. The number of allylic oxidation sites excluding steroid dienone is 2. The average Bonchev–Trinajstić information content (AvgIpc) is 2.97. The molecule has 3 rings (SSSR count). The van der Waals surface area contributed by atoms with Crippen molar-refractivity contribution in [1.82, 2.24) is 4.90 Å². The third kappa shape index (κ3) is 4.59. The van der Waals surface area contributed by atoms with Gasteiger partial charge in [-0.25, -0.2) is 0 Å². The lowest BCUT2D eigenvalue weighted by molar-refractivity contribution is -0.152. The van der Waals surface area contributed by atoms with Crippen LogP contribution < -0.4 is 5.32 Å². The van der Waals surface area contributed by atoms with Gasteiger partial charge in [0.1, 0.15) is 6.54 Å². The number of benzene rings is 1. The van der Waals surface area contributed by atoms with Crippen molar-refractivity contribution in [2.24, 2.45) is 11.8 Å². The van der Waals surface area contributed by atoms with Gasteiger partial charge in [-0.1, -0.05) is 19.1 Å². The van der Waals surface area contributed by atoms with Crippen molar-refractivity contribution in [1.29, 1.82) is 0 Å². The lowest BCUT2D eigenvalue weighted by atomic mass is 9.85. The van der Waals surface area contributed by atoms with Gasteiger partial charge in [0.05, 0.1) is 11.8 Å². The van der Waals surface area contributed by atoms with E-state index in [1.807, 2.05) is 12.2 Å². The van der Waals surface area contributed by atoms with E-state index in [1.165, 1.54) is 12.1 Å². The van der Waals surface area contributed by atoms with Gasteiger partial charge in [-0.2, -0.15) is 0 Å². The molecule has 152 valence electrons. The molecule has 0 bridgehead atoms. The zero-order valence-electron chi connectivity index (χ0n) is 16.1. The fourth-order valence-electron chi connectivity index (χ4n) is 3.42. The van der Waals surface area contributed by atoms with Crippen molar-refractivity contribution >= 4 is 35.2 Å². The highest BCUT2D eigenvalue weighted by Crippen LogP contribution is 2.34. The van der Waals surface area contributed by atoms with Gasteiger partial charge in [-0.05, 0) is 37.1 Å². The predicted molar refractivity (Wildman–Crippen MR) is 103 cm³/mol. The van der Waals surface area contributed by atoms with Crippen molar-refractivity contribution in [2.45, 2.75) is 26.2 Å². The Bertz CT molecular complexity index is 848. The summed E-state index contributed by atoms with van der Waals surface area (Å²) in [6.07, 6.45) is 5.07. The molecule has 2 aliphatic rings. The summed E-state index contributed by atoms with van der Waals surface area (Å²) >= 11 is 0. The van der Waals surface area contributed by atoms with Crippen molar-refractivity contribution in [3.8, 4) is 0 Å². The number of ketones is 1. The predicted octanol–water partition coefficient (Wildman–Crippen LogP) is 1.71. The number of carbonyl (C=O) groups excluding carboxylic acids is 5. The molecule has 1 aliphatic carbocycles. The molecule has 0 spiro atoms. The molecule has 1 aromatic carbocycles. The van der Waals surface area contributed by atoms with Crippen molar-refractivity contribution in [3.05, 3.63) is 42.0 Å². The van der Waals surface area contributed by atoms with Crippen LogP contribution in [0.2, 0.25) is 0 Å². The van der Waals surface area contributed by atoms with Crippen LogP contribution in [0.3, 0.4) is 0 Å². The zero-order valence-corrected chi connectivity index (χ0v) is 16.1. The first-order valence-corrected chi connectivity index (χ1v) is 9.49. The molecule has 2 unspecified atom stereocenters. The molecular formula is C21H22N2O6. The van der Waals surface area contributed by atoms with E-state index in [9.17, 15) is 24.0 Å². The largest absolute Gasteiger partial charge is 0.456 e. The van der Waals surface area contributed by atoms with Crippen LogP contribution in [0, 0.1) is 11.8 Å². The molecule has 1 aliphatic heterocycles. The van der Waals surface area contributed by atoms with Crippen LogP contribution in [0.1, 0.15) is 36.5 Å². The second-order valence-electron chi connectivity index (χ2n) is 6.98. The lowest BCUT2D eigenvalue weighted by Gasteiger charge is -2.14. The summed E-state index contributed by atoms with van der Waals surface area (Å²) in [6, 6.07) is 6.21. The Morgan fingerprint density at radius 3 is 2.17 bits per heavy atom. The van der Waals surface area contributed by atoms with Crippen LogP contribution in [0.25, 0.3) is 0 Å². The number of likely N-dealkylation sites (tertiary alicyclic amines) is 1. The number of carbonyl (C=O) groups is 5. The Balaban J connectivity index is 1.50. The van der Waals surface area contributed by atoms with Gasteiger partial charge in [0.25, 0.3) is 0 Å². The summed E-state index contributed by atoms with van der Waals surface area (Å²) in [7, 11) is 0. The van der Waals surface area contributed by atoms with Crippen LogP contribution in [0.15, 0.2) is 36.4 Å². The number of rotatable bonds is 7. The van der Waals surface area contributed by atoms with Gasteiger partial charge in [0, 0.05) is 17.7 Å². The number of Topliss-reactive ketones (excluding diaryl/α,β-unsaturated/α-hetero) is 1. The number of imide groups is 1. The normalized spacial score (nSPS) is 20.4. The quantitative estimate of drug-likeness (QED) is 0.324. The molecule has 1 aromatic rings. The van der Waals surface area contributed by atoms with Gasteiger partial charge in [-0.15, -0.1) is 0 Å². The third-order valence-corrected chi connectivity index (χ3v) is 5.06. The number of nitrogens with one attached hydrogen (secondary N) is 1. The molecule has 8 heteroatoms. The Kier molecular flexibility index (Phi) is 6.21. The minimum Gasteiger partial charge on any atom is -0.456 e. The Morgan fingerprint density at radius 1 is 1.03 bits per heavy atom. The molecule has 1 saturated heterocycles. The first kappa shape index (κ1) is 20.4. The summed E-state index contributed by atoms with van der Waals surface area (Å²) in [5, 5.41) is 2.67. The standard InChI is InChI=1S/C21H22N2O6/c1-2-18(25)22-14-9-7-13(8-10-14)17(24)12-29-19(26)11-23-20(27)15-5-3-4-6-16(15)21(23)28/h3-4,7-10,15-16H,2,5-6,11-12H2,1H3,(H,22,25). The SMILES string of the molecule is CCC(=O)Nc1ccc(C(=O)COC(=O)CN2C(=O)C3CC=CCC3C2=O)cc1. The number of ether oxygens (including phenoxy) is 1. The van der Waals surface area contributed by atoms with E-state index in [0.29, 0.717) is 30.5 Å². The lowest BCUT2D eigenvalue weighted by Crippen LogP contribution is -2.37. The van der Waals surface area contributed by atoms with E-state index in [2.05, 4.69) is 5.32 Å². The maximum Gasteiger partial charge on any atom is 0.326 e. The van der Waals surface area contributed by atoms with E-state index in [-0.39, 0.29) is 17.7 Å². The number of anilines is 1. The Morgan fingerprint density at radius 2 is 1.62 bits per heavy atom. The minimum atomic E-state index is -0.807. The van der Waals surface area contributed by atoms with E-state index >= 15 is 0 Å². The summed E-state index contributed by atoms with van der Waals surface area (Å²) in [6.45, 7) is 0.750. The summed E-state index contributed by atoms with van der Waals surface area (Å²) < 4.78 is 4.96. The second kappa shape index (κ2) is 8.81. The third-order valence-electron chi connectivity index (χ3n) is 5.06. The molecule has 0 saturated carbocycles. The van der Waals surface area contributed by atoms with Gasteiger partial charge in [0.15, 0.2) is 12.4 Å². The number of fused-ring (bicyclic) bond motifs is 1. The number of amides is 3. The van der Waals surface area contributed by atoms with Crippen LogP contribution in [0.4, 0.5) is 5.69 Å². The first-order chi connectivity index (χ1) is 13.9. The van der Waals surface area contributed by atoms with E-state index in [4.69, 9.17) is 4.74 Å². The maximum atomic E-state index is 12.3. The molecule has 29 heavy (non-hydrogen) atoms. The average molecular weight is 398 g/mol. The Labute approximate surface area is 167 Å². The number of nitrogens with zero attached hydrogens (tertiary/aromatic N) is 1. The zero-order chi connectivity index (χ0) is 21.0. The van der Waals surface area contributed by atoms with Gasteiger partial charge in [-0.3, -0.25) is 28.9 Å². The molecule has 0 radical (unpaired) electrons. The van der Waals surface area contributed by atoms with Crippen LogP contribution in [-0.2, 0) is 23.9 Å². The smallest absolute Gasteiger partial charge is 0.326 e. The number of hydrogen-bond acceptors (Lipinski definition) is 6. The molecule has 8 nitrogen and oxygen atoms in total. The van der Waals surface area contributed by atoms with Crippen LogP contribution in [0.5, 0.6) is 0 Å². The molecule has 2 atom stereocenters. The van der Waals surface area contributed by atoms with Crippen molar-refractivity contribution in [3.63, 3.8) is 0 Å². The fraction of sp³-hybridized carbons (Fsp3) is 0.381. The monoisotopic (exact) mass is 398 g/mol. The Hall–Kier alpha value is -3.29. The van der Waals surface area contributed by atoms with Crippen LogP contribution in [-0.4, -0.2) is 47.5 Å². The van der Waals surface area contributed by atoms with E-state index < -0.39 is 36.7 Å². The topological polar surface area (TPSA) is 110 Å². The summed E-state index contributed by atoms with van der Waals surface area (Å²) in [4.78, 5) is 61.2. The number of hydrogen-bond donors (Lipinski definition) is 1. The molecule has 0 aromatic heterocycles.